The second-order valence-electron chi connectivity index (χ2n) is 3.96. The van der Waals surface area contributed by atoms with E-state index in [1.807, 2.05) is 13.8 Å². The van der Waals surface area contributed by atoms with Crippen molar-refractivity contribution in [2.75, 3.05) is 6.54 Å². The Bertz CT molecular complexity index is 411. The molecule has 0 aliphatic carbocycles. The molecule has 0 fully saturated rings. The average Bonchev–Trinajstić information content (AvgIpc) is 2.73. The molecule has 3 N–H and O–H groups in total. The van der Waals surface area contributed by atoms with Crippen molar-refractivity contribution in [3.63, 3.8) is 0 Å². The van der Waals surface area contributed by atoms with Gasteiger partial charge in [0.2, 0.25) is 0 Å². The molecule has 1 aromatic heterocycles. The third-order valence-corrected chi connectivity index (χ3v) is 2.31. The van der Waals surface area contributed by atoms with Gasteiger partial charge in [-0.1, -0.05) is 0 Å². The summed E-state index contributed by atoms with van der Waals surface area (Å²) in [6.45, 7) is 3.56. The SMILES string of the molecule is CC(C)n1cccc1C(=O)NCC(O)C(=O)O. The van der Waals surface area contributed by atoms with E-state index in [-0.39, 0.29) is 12.6 Å². The number of rotatable bonds is 5. The lowest BCUT2D eigenvalue weighted by molar-refractivity contribution is -0.146. The summed E-state index contributed by atoms with van der Waals surface area (Å²) < 4.78 is 1.77. The fourth-order valence-corrected chi connectivity index (χ4v) is 1.40. The Hall–Kier alpha value is -1.82. The van der Waals surface area contributed by atoms with Crippen LogP contribution in [-0.4, -0.2) is 39.3 Å². The van der Waals surface area contributed by atoms with Gasteiger partial charge in [-0.3, -0.25) is 4.79 Å². The second kappa shape index (κ2) is 5.49. The number of nitrogens with zero attached hydrogens (tertiary/aromatic N) is 1. The summed E-state index contributed by atoms with van der Waals surface area (Å²) in [6, 6.07) is 3.51. The zero-order valence-corrected chi connectivity index (χ0v) is 9.75. The first-order valence-electron chi connectivity index (χ1n) is 5.29. The van der Waals surface area contributed by atoms with Crippen LogP contribution in [0.3, 0.4) is 0 Å². The highest BCUT2D eigenvalue weighted by Gasteiger charge is 2.17. The maximum absolute atomic E-state index is 11.7. The lowest BCUT2D eigenvalue weighted by Gasteiger charge is -2.13. The number of aliphatic hydroxyl groups is 1. The number of carbonyl (C=O) groups excluding carboxylic acids is 1. The fourth-order valence-electron chi connectivity index (χ4n) is 1.40. The van der Waals surface area contributed by atoms with Crippen LogP contribution in [0.25, 0.3) is 0 Å². The summed E-state index contributed by atoms with van der Waals surface area (Å²) >= 11 is 0. The van der Waals surface area contributed by atoms with Crippen LogP contribution in [0.15, 0.2) is 18.3 Å². The number of amides is 1. The van der Waals surface area contributed by atoms with Gasteiger partial charge >= 0.3 is 5.97 Å². The molecule has 0 bridgehead atoms. The van der Waals surface area contributed by atoms with Gasteiger partial charge in [-0.25, -0.2) is 4.79 Å². The van der Waals surface area contributed by atoms with Crippen molar-refractivity contribution in [1.82, 2.24) is 9.88 Å². The Balaban J connectivity index is 2.64. The highest BCUT2D eigenvalue weighted by molar-refractivity contribution is 5.93. The molecule has 1 rings (SSSR count). The normalized spacial score (nSPS) is 12.5. The van der Waals surface area contributed by atoms with Crippen molar-refractivity contribution in [3.05, 3.63) is 24.0 Å². The molecule has 17 heavy (non-hydrogen) atoms. The number of hydrogen-bond acceptors (Lipinski definition) is 3. The van der Waals surface area contributed by atoms with E-state index in [2.05, 4.69) is 5.32 Å². The summed E-state index contributed by atoms with van der Waals surface area (Å²) in [7, 11) is 0. The van der Waals surface area contributed by atoms with Crippen LogP contribution in [0, 0.1) is 0 Å². The number of nitrogens with one attached hydrogen (secondary N) is 1. The van der Waals surface area contributed by atoms with Gasteiger partial charge in [0.1, 0.15) is 5.69 Å². The lowest BCUT2D eigenvalue weighted by Crippen LogP contribution is -2.37. The van der Waals surface area contributed by atoms with Gasteiger partial charge in [0.05, 0.1) is 6.54 Å². The van der Waals surface area contributed by atoms with Crippen LogP contribution in [0.1, 0.15) is 30.4 Å². The monoisotopic (exact) mass is 240 g/mol. The van der Waals surface area contributed by atoms with Gasteiger partial charge in [0, 0.05) is 12.2 Å². The van der Waals surface area contributed by atoms with Crippen LogP contribution in [0.4, 0.5) is 0 Å². The number of aromatic nitrogens is 1. The number of carboxylic acids is 1. The zero-order chi connectivity index (χ0) is 13.0. The Morgan fingerprint density at radius 1 is 1.47 bits per heavy atom. The molecule has 6 heteroatoms. The maximum Gasteiger partial charge on any atom is 0.334 e. The van der Waals surface area contributed by atoms with Crippen LogP contribution < -0.4 is 5.32 Å². The van der Waals surface area contributed by atoms with Gasteiger partial charge in [-0.05, 0) is 26.0 Å². The predicted molar refractivity (Wildman–Crippen MR) is 60.8 cm³/mol. The minimum absolute atomic E-state index is 0.134. The fraction of sp³-hybridized carbons (Fsp3) is 0.455. The van der Waals surface area contributed by atoms with Crippen LogP contribution in [-0.2, 0) is 4.79 Å². The quantitative estimate of drug-likeness (QED) is 0.687. The maximum atomic E-state index is 11.7. The van der Waals surface area contributed by atoms with E-state index in [1.165, 1.54) is 0 Å². The number of aliphatic hydroxyl groups excluding tert-OH is 1. The standard InChI is InChI=1S/C11H16N2O4/c1-7(2)13-5-3-4-8(13)10(15)12-6-9(14)11(16)17/h3-5,7,9,14H,6H2,1-2H3,(H,12,15)(H,16,17). The summed E-state index contributed by atoms with van der Waals surface area (Å²) in [5, 5.41) is 19.9. The molecule has 0 aromatic carbocycles. The molecule has 0 saturated carbocycles. The van der Waals surface area contributed by atoms with Gasteiger partial charge < -0.3 is 20.1 Å². The summed E-state index contributed by atoms with van der Waals surface area (Å²) in [6.07, 6.45) is 0.189. The van der Waals surface area contributed by atoms with Crippen LogP contribution in [0.5, 0.6) is 0 Å². The van der Waals surface area contributed by atoms with Crippen molar-refractivity contribution < 1.29 is 19.8 Å². The van der Waals surface area contributed by atoms with Gasteiger partial charge in [-0.15, -0.1) is 0 Å². The Morgan fingerprint density at radius 3 is 2.65 bits per heavy atom. The zero-order valence-electron chi connectivity index (χ0n) is 9.75. The lowest BCUT2D eigenvalue weighted by atomic mass is 10.3. The molecule has 6 nitrogen and oxygen atoms in total. The first kappa shape index (κ1) is 13.2. The molecule has 1 heterocycles. The molecule has 0 radical (unpaired) electrons. The van der Waals surface area contributed by atoms with Crippen molar-refractivity contribution in [2.45, 2.75) is 26.0 Å². The van der Waals surface area contributed by atoms with E-state index in [9.17, 15) is 9.59 Å². The van der Waals surface area contributed by atoms with Crippen molar-refractivity contribution in [2.24, 2.45) is 0 Å². The smallest absolute Gasteiger partial charge is 0.334 e. The Labute approximate surface area is 98.9 Å². The molecule has 94 valence electrons. The van der Waals surface area contributed by atoms with Gasteiger partial charge in [0.15, 0.2) is 6.10 Å². The summed E-state index contributed by atoms with van der Waals surface area (Å²) in [5.74, 6) is -1.76. The number of hydrogen-bond donors (Lipinski definition) is 3. The molecular weight excluding hydrogens is 224 g/mol. The summed E-state index contributed by atoms with van der Waals surface area (Å²) in [4.78, 5) is 22.1. The molecule has 1 aromatic rings. The first-order chi connectivity index (χ1) is 7.93. The molecule has 0 saturated heterocycles. The number of aliphatic carboxylic acids is 1. The van der Waals surface area contributed by atoms with E-state index in [0.29, 0.717) is 5.69 Å². The predicted octanol–water partition coefficient (Wildman–Crippen LogP) is 0.244. The highest BCUT2D eigenvalue weighted by Crippen LogP contribution is 2.10. The van der Waals surface area contributed by atoms with Crippen LogP contribution in [0.2, 0.25) is 0 Å². The first-order valence-corrected chi connectivity index (χ1v) is 5.29. The molecule has 0 spiro atoms. The average molecular weight is 240 g/mol. The topological polar surface area (TPSA) is 91.6 Å². The Kier molecular flexibility index (Phi) is 4.28. The Morgan fingerprint density at radius 2 is 2.12 bits per heavy atom. The van der Waals surface area contributed by atoms with E-state index in [0.717, 1.165) is 0 Å². The van der Waals surface area contributed by atoms with E-state index < -0.39 is 18.0 Å². The third kappa shape index (κ3) is 3.32. The van der Waals surface area contributed by atoms with Crippen molar-refractivity contribution in [1.29, 1.82) is 0 Å². The molecule has 1 amide bonds. The van der Waals surface area contributed by atoms with Crippen molar-refractivity contribution in [3.8, 4) is 0 Å². The largest absolute Gasteiger partial charge is 0.479 e. The minimum atomic E-state index is -1.58. The summed E-state index contributed by atoms with van der Waals surface area (Å²) in [5.41, 5.74) is 0.442. The number of carboxylic acid groups (broad SMARTS) is 1. The third-order valence-electron chi connectivity index (χ3n) is 2.31. The molecule has 0 aliphatic heterocycles. The molecule has 1 atom stereocenters. The highest BCUT2D eigenvalue weighted by atomic mass is 16.4. The van der Waals surface area contributed by atoms with Gasteiger partial charge in [0.25, 0.3) is 5.91 Å². The number of carbonyl (C=O) groups is 2. The second-order valence-corrected chi connectivity index (χ2v) is 3.96. The van der Waals surface area contributed by atoms with E-state index >= 15 is 0 Å². The van der Waals surface area contributed by atoms with Crippen LogP contribution >= 0.6 is 0 Å². The minimum Gasteiger partial charge on any atom is -0.479 e. The molecule has 0 aliphatic rings. The molecule has 1 unspecified atom stereocenters. The van der Waals surface area contributed by atoms with E-state index in [1.54, 1.807) is 22.9 Å². The molecular formula is C11H16N2O4. The van der Waals surface area contributed by atoms with E-state index in [4.69, 9.17) is 10.2 Å². The van der Waals surface area contributed by atoms with Crippen molar-refractivity contribution >= 4 is 11.9 Å². The van der Waals surface area contributed by atoms with Gasteiger partial charge in [-0.2, -0.15) is 0 Å².